The Hall–Kier alpha value is -5.74. The number of nitrogens with zero attached hydrogens (tertiary/aromatic N) is 7. The minimum absolute atomic E-state index is 0.0738. The molecule has 2 saturated heterocycles. The number of anilines is 4. The Balaban J connectivity index is 0.000000201. The van der Waals surface area contributed by atoms with Crippen LogP contribution in [-0.2, 0) is 4.79 Å². The highest BCUT2D eigenvalue weighted by atomic mass is 19.3. The highest BCUT2D eigenvalue weighted by Gasteiger charge is 2.43. The lowest BCUT2D eigenvalue weighted by Gasteiger charge is -2.40. The molecule has 3 N–H and O–H groups in total. The molecule has 4 heterocycles. The van der Waals surface area contributed by atoms with E-state index in [4.69, 9.17) is 5.26 Å². The average Bonchev–Trinajstić information content (AvgIpc) is 3.75. The smallest absolute Gasteiger partial charge is 0.248 e. The highest BCUT2D eigenvalue weighted by Crippen LogP contribution is 2.43. The van der Waals surface area contributed by atoms with Gasteiger partial charge in [0, 0.05) is 66.9 Å². The van der Waals surface area contributed by atoms with Crippen molar-refractivity contribution in [3.05, 3.63) is 118 Å². The van der Waals surface area contributed by atoms with Gasteiger partial charge in [0.2, 0.25) is 17.8 Å². The van der Waals surface area contributed by atoms with Crippen molar-refractivity contribution in [2.24, 2.45) is 5.92 Å². The standard InChI is InChI=1S/C29H41F2N5O.C20H19N5/c1-19(2)27-34-33-20(3)36(27)25-17-23-9-10-24(18-25)35(23)16-13-26(21-7-5-4-6-8-21)32-28(37)22-11-14-29(30,31)15-12-22;1-13-10-14(2)19(15(3)11-13)24-18-8-9-22-20(25-18)23-17-6-4-16(12-21)5-7-17/h4-8,19,22-26H,9-18H2,1-3H3,(H,32,37);4-11H,1-3H3,(H2,22,23,24,25)/t23-,24+,25?,26-;/m0./s1. The van der Waals surface area contributed by atoms with Gasteiger partial charge in [-0.05, 0) is 120 Å². The molecular weight excluding hydrogens is 783 g/mol. The van der Waals surface area contributed by atoms with Crippen molar-refractivity contribution in [3.63, 3.8) is 0 Å². The van der Waals surface area contributed by atoms with Crippen molar-refractivity contribution >= 4 is 29.0 Å². The van der Waals surface area contributed by atoms with Gasteiger partial charge >= 0.3 is 0 Å². The van der Waals surface area contributed by atoms with Crippen molar-refractivity contribution in [1.29, 1.82) is 5.26 Å². The first kappa shape index (κ1) is 44.3. The quantitative estimate of drug-likeness (QED) is 0.112. The van der Waals surface area contributed by atoms with Gasteiger partial charge in [0.05, 0.1) is 17.7 Å². The molecule has 2 aliphatic heterocycles. The molecule has 8 rings (SSSR count). The first-order chi connectivity index (χ1) is 29.8. The van der Waals surface area contributed by atoms with E-state index in [0.29, 0.717) is 35.6 Å². The van der Waals surface area contributed by atoms with Crippen molar-refractivity contribution in [2.45, 2.75) is 135 Å². The minimum atomic E-state index is -2.62. The number of amides is 1. The predicted octanol–water partition coefficient (Wildman–Crippen LogP) is 10.7. The molecule has 3 aliphatic rings. The Bertz CT molecular complexity index is 2290. The van der Waals surface area contributed by atoms with Gasteiger partial charge in [-0.25, -0.2) is 13.8 Å². The number of hydrogen-bond acceptors (Lipinski definition) is 9. The zero-order chi connectivity index (χ0) is 44.0. The Morgan fingerprint density at radius 2 is 1.53 bits per heavy atom. The number of fused-ring (bicyclic) bond motifs is 2. The Kier molecular flexibility index (Phi) is 14.0. The molecule has 0 radical (unpaired) electrons. The van der Waals surface area contributed by atoms with Gasteiger partial charge in [0.25, 0.3) is 0 Å². The minimum Gasteiger partial charge on any atom is -0.349 e. The molecule has 326 valence electrons. The van der Waals surface area contributed by atoms with E-state index < -0.39 is 5.92 Å². The number of nitriles is 1. The molecule has 1 unspecified atom stereocenters. The second-order valence-electron chi connectivity index (χ2n) is 17.7. The third kappa shape index (κ3) is 10.8. The summed E-state index contributed by atoms with van der Waals surface area (Å²) < 4.78 is 29.6. The van der Waals surface area contributed by atoms with E-state index in [-0.39, 0.29) is 43.6 Å². The lowest BCUT2D eigenvalue weighted by molar-refractivity contribution is -0.130. The van der Waals surface area contributed by atoms with Crippen LogP contribution in [0.15, 0.2) is 79.0 Å². The van der Waals surface area contributed by atoms with Crippen LogP contribution in [0.2, 0.25) is 0 Å². The van der Waals surface area contributed by atoms with Crippen molar-refractivity contribution in [3.8, 4) is 6.07 Å². The monoisotopic (exact) mass is 842 g/mol. The number of carbonyl (C=O) groups excluding carboxylic acids is 1. The van der Waals surface area contributed by atoms with Crippen LogP contribution in [-0.4, -0.2) is 60.1 Å². The normalized spacial score (nSPS) is 20.2. The molecule has 0 spiro atoms. The number of piperidine rings is 1. The fraction of sp³-hybridized carbons (Fsp3) is 0.469. The lowest BCUT2D eigenvalue weighted by Crippen LogP contribution is -2.45. The van der Waals surface area contributed by atoms with Crippen LogP contribution in [0.5, 0.6) is 0 Å². The highest BCUT2D eigenvalue weighted by molar-refractivity contribution is 5.79. The summed E-state index contributed by atoms with van der Waals surface area (Å²) >= 11 is 0. The van der Waals surface area contributed by atoms with Crippen LogP contribution >= 0.6 is 0 Å². The molecule has 1 amide bonds. The fourth-order valence-corrected chi connectivity index (χ4v) is 9.68. The summed E-state index contributed by atoms with van der Waals surface area (Å²) in [5.74, 6) is 0.648. The summed E-state index contributed by atoms with van der Waals surface area (Å²) in [6.07, 6.45) is 7.29. The maximum absolute atomic E-state index is 13.6. The summed E-state index contributed by atoms with van der Waals surface area (Å²) in [6, 6.07) is 26.9. The number of aryl methyl sites for hydroxylation is 4. The molecule has 1 saturated carbocycles. The Morgan fingerprint density at radius 1 is 0.871 bits per heavy atom. The predicted molar refractivity (Wildman–Crippen MR) is 240 cm³/mol. The summed E-state index contributed by atoms with van der Waals surface area (Å²) in [5.41, 5.74) is 7.20. The summed E-state index contributed by atoms with van der Waals surface area (Å²) in [4.78, 5) is 24.5. The van der Waals surface area contributed by atoms with Gasteiger partial charge in [-0.15, -0.1) is 10.2 Å². The number of alkyl halides is 2. The topological polar surface area (TPSA) is 137 Å². The van der Waals surface area contributed by atoms with Crippen LogP contribution in [0.25, 0.3) is 0 Å². The largest absolute Gasteiger partial charge is 0.349 e. The molecular formula is C49H60F2N10O. The molecule has 2 bridgehead atoms. The van der Waals surface area contributed by atoms with Crippen LogP contribution in [0, 0.1) is 44.9 Å². The van der Waals surface area contributed by atoms with E-state index in [9.17, 15) is 13.6 Å². The van der Waals surface area contributed by atoms with Gasteiger partial charge < -0.3 is 20.5 Å². The van der Waals surface area contributed by atoms with Crippen molar-refractivity contribution in [2.75, 3.05) is 17.2 Å². The maximum atomic E-state index is 13.6. The molecule has 3 aromatic carbocycles. The van der Waals surface area contributed by atoms with E-state index >= 15 is 0 Å². The van der Waals surface area contributed by atoms with Gasteiger partial charge in [-0.1, -0.05) is 61.9 Å². The van der Waals surface area contributed by atoms with Gasteiger partial charge in [-0.3, -0.25) is 9.69 Å². The fourth-order valence-electron chi connectivity index (χ4n) is 9.68. The summed E-state index contributed by atoms with van der Waals surface area (Å²) in [7, 11) is 0. The van der Waals surface area contributed by atoms with Gasteiger partial charge in [0.15, 0.2) is 0 Å². The van der Waals surface area contributed by atoms with Crippen LogP contribution in [0.3, 0.4) is 0 Å². The number of rotatable bonds is 12. The van der Waals surface area contributed by atoms with Crippen LogP contribution in [0.4, 0.5) is 31.9 Å². The first-order valence-electron chi connectivity index (χ1n) is 22.1. The lowest BCUT2D eigenvalue weighted by atomic mass is 9.86. The molecule has 62 heavy (non-hydrogen) atoms. The second kappa shape index (κ2) is 19.5. The number of carbonyl (C=O) groups is 1. The van der Waals surface area contributed by atoms with E-state index in [0.717, 1.165) is 60.2 Å². The zero-order valence-electron chi connectivity index (χ0n) is 36.8. The molecule has 3 fully saturated rings. The van der Waals surface area contributed by atoms with E-state index in [1.54, 1.807) is 18.3 Å². The number of aromatic nitrogens is 5. The third-order valence-electron chi connectivity index (χ3n) is 12.8. The maximum Gasteiger partial charge on any atom is 0.248 e. The molecule has 11 nitrogen and oxygen atoms in total. The number of halogens is 2. The summed E-state index contributed by atoms with van der Waals surface area (Å²) in [5, 5.41) is 27.5. The zero-order valence-corrected chi connectivity index (χ0v) is 36.8. The number of hydrogen-bond donors (Lipinski definition) is 3. The molecule has 13 heteroatoms. The Morgan fingerprint density at radius 3 is 2.16 bits per heavy atom. The number of benzene rings is 3. The Labute approximate surface area is 364 Å². The van der Waals surface area contributed by atoms with Crippen LogP contribution < -0.4 is 16.0 Å². The van der Waals surface area contributed by atoms with Gasteiger partial charge in [0.1, 0.15) is 17.5 Å². The van der Waals surface area contributed by atoms with E-state index in [1.165, 1.54) is 29.5 Å². The molecule has 1 aliphatic carbocycles. The molecule has 4 atom stereocenters. The number of nitrogens with one attached hydrogen (secondary N) is 3. The van der Waals surface area contributed by atoms with E-state index in [1.807, 2.05) is 36.4 Å². The van der Waals surface area contributed by atoms with Crippen LogP contribution in [0.1, 0.15) is 129 Å². The van der Waals surface area contributed by atoms with Crippen molar-refractivity contribution < 1.29 is 13.6 Å². The van der Waals surface area contributed by atoms with Crippen molar-refractivity contribution in [1.82, 2.24) is 34.9 Å². The average molecular weight is 843 g/mol. The SMILES string of the molecule is Cc1cc(C)c(Nc2ccnc(Nc3ccc(C#N)cc3)n2)c(C)c1.Cc1nnc(C(C)C)n1C1C[C@H]2CC[C@@H](C1)N2CC[C@H](NC(=O)C1CCC(F)(F)CC1)c1ccccc1. The van der Waals surface area contributed by atoms with E-state index in [2.05, 4.69) is 117 Å². The van der Waals surface area contributed by atoms with Gasteiger partial charge in [-0.2, -0.15) is 10.2 Å². The summed E-state index contributed by atoms with van der Waals surface area (Å²) in [6.45, 7) is 13.6. The molecule has 2 aromatic heterocycles. The molecule has 5 aromatic rings. The second-order valence-corrected chi connectivity index (χ2v) is 17.7. The first-order valence-corrected chi connectivity index (χ1v) is 22.1. The third-order valence-corrected chi connectivity index (χ3v) is 12.8.